The third-order valence-electron chi connectivity index (χ3n) is 8.10. The summed E-state index contributed by atoms with van der Waals surface area (Å²) < 4.78 is 5.85. The van der Waals surface area contributed by atoms with Crippen molar-refractivity contribution in [2.24, 2.45) is 34.5 Å². The summed E-state index contributed by atoms with van der Waals surface area (Å²) >= 11 is 0. The maximum absolute atomic E-state index is 12.5. The van der Waals surface area contributed by atoms with Crippen LogP contribution in [0.15, 0.2) is 0 Å². The van der Waals surface area contributed by atoms with Gasteiger partial charge in [-0.2, -0.15) is 0 Å². The molecule has 2 nitrogen and oxygen atoms in total. The number of hydrogen-bond acceptors (Lipinski definition) is 2. The fraction of sp³-hybridized carbons (Fsp3) is 0.972. The van der Waals surface area contributed by atoms with Gasteiger partial charge in [-0.15, -0.1) is 0 Å². The van der Waals surface area contributed by atoms with E-state index in [1.54, 1.807) is 0 Å². The molecule has 38 heavy (non-hydrogen) atoms. The lowest BCUT2D eigenvalue weighted by Crippen LogP contribution is -2.25. The van der Waals surface area contributed by atoms with E-state index in [0.717, 1.165) is 18.3 Å². The first-order valence-corrected chi connectivity index (χ1v) is 16.8. The van der Waals surface area contributed by atoms with Gasteiger partial charge >= 0.3 is 5.97 Å². The Morgan fingerprint density at radius 3 is 1.47 bits per heavy atom. The maximum Gasteiger partial charge on any atom is 0.305 e. The fourth-order valence-electron chi connectivity index (χ4n) is 6.17. The van der Waals surface area contributed by atoms with Crippen LogP contribution < -0.4 is 0 Å². The van der Waals surface area contributed by atoms with Crippen molar-refractivity contribution in [1.29, 1.82) is 0 Å². The van der Waals surface area contributed by atoms with E-state index in [2.05, 4.69) is 69.2 Å². The van der Waals surface area contributed by atoms with Gasteiger partial charge in [0.25, 0.3) is 0 Å². The van der Waals surface area contributed by atoms with Gasteiger partial charge in [-0.1, -0.05) is 153 Å². The van der Waals surface area contributed by atoms with Crippen molar-refractivity contribution in [3.63, 3.8) is 0 Å². The van der Waals surface area contributed by atoms with Crippen molar-refractivity contribution in [2.75, 3.05) is 6.61 Å². The van der Waals surface area contributed by atoms with Crippen LogP contribution in [0.1, 0.15) is 185 Å². The lowest BCUT2D eigenvalue weighted by Gasteiger charge is -2.31. The molecule has 0 aliphatic heterocycles. The van der Waals surface area contributed by atoms with Gasteiger partial charge < -0.3 is 4.74 Å². The summed E-state index contributed by atoms with van der Waals surface area (Å²) in [5.41, 5.74) is 0.691. The summed E-state index contributed by atoms with van der Waals surface area (Å²) in [6.45, 7) is 24.0. The van der Waals surface area contributed by atoms with Crippen LogP contribution in [0.5, 0.6) is 0 Å². The number of carbonyl (C=O) groups excluding carboxylic acids is 1. The number of hydrogen-bond donors (Lipinski definition) is 0. The molecule has 228 valence electrons. The number of rotatable bonds is 23. The molecule has 0 bridgehead atoms. The molecule has 0 rings (SSSR count). The molecule has 0 aromatic rings. The van der Waals surface area contributed by atoms with E-state index in [-0.39, 0.29) is 5.97 Å². The third kappa shape index (κ3) is 25.7. The lowest BCUT2D eigenvalue weighted by molar-refractivity contribution is -0.145. The second-order valence-corrected chi connectivity index (χ2v) is 15.8. The van der Waals surface area contributed by atoms with Crippen molar-refractivity contribution < 1.29 is 9.53 Å². The molecule has 0 saturated carbocycles. The van der Waals surface area contributed by atoms with E-state index in [4.69, 9.17) is 4.74 Å². The summed E-state index contributed by atoms with van der Waals surface area (Å²) in [5, 5.41) is 0. The molecule has 0 amide bonds. The number of carbonyl (C=O) groups is 1. The lowest BCUT2D eigenvalue weighted by atomic mass is 9.76. The van der Waals surface area contributed by atoms with Crippen LogP contribution in [0.3, 0.4) is 0 Å². The molecule has 0 radical (unpaired) electrons. The Labute approximate surface area is 241 Å². The van der Waals surface area contributed by atoms with Crippen LogP contribution in [-0.4, -0.2) is 12.6 Å². The zero-order valence-corrected chi connectivity index (χ0v) is 28.1. The van der Waals surface area contributed by atoms with Crippen LogP contribution in [0.25, 0.3) is 0 Å². The van der Waals surface area contributed by atoms with Crippen LogP contribution in [-0.2, 0) is 9.53 Å². The Hall–Kier alpha value is -0.530. The van der Waals surface area contributed by atoms with Crippen LogP contribution in [0, 0.1) is 34.5 Å². The van der Waals surface area contributed by atoms with Crippen molar-refractivity contribution >= 4 is 5.97 Å². The van der Waals surface area contributed by atoms with Gasteiger partial charge in [0, 0.05) is 6.42 Å². The predicted octanol–water partition coefficient (Wildman–Crippen LogP) is 12.2. The molecular formula is C36H72O2. The highest BCUT2D eigenvalue weighted by Gasteiger charge is 2.25. The first-order valence-electron chi connectivity index (χ1n) is 16.8. The zero-order valence-electron chi connectivity index (χ0n) is 28.1. The second-order valence-electron chi connectivity index (χ2n) is 15.8. The minimum Gasteiger partial charge on any atom is -0.465 e. The number of ether oxygens (including phenoxy) is 1. The molecule has 0 aromatic heterocycles. The molecule has 0 aliphatic rings. The highest BCUT2D eigenvalue weighted by Crippen LogP contribution is 2.34. The maximum atomic E-state index is 12.5. The molecule has 0 N–H and O–H groups in total. The Bertz CT molecular complexity index is 551. The first kappa shape index (κ1) is 37.5. The van der Waals surface area contributed by atoms with Gasteiger partial charge in [0.15, 0.2) is 0 Å². The van der Waals surface area contributed by atoms with Crippen molar-refractivity contribution in [2.45, 2.75) is 185 Å². The number of unbranched alkanes of at least 4 members (excludes halogenated alkanes) is 11. The smallest absolute Gasteiger partial charge is 0.305 e. The highest BCUT2D eigenvalue weighted by atomic mass is 16.5. The van der Waals surface area contributed by atoms with E-state index in [0.29, 0.717) is 35.7 Å². The largest absolute Gasteiger partial charge is 0.465 e. The van der Waals surface area contributed by atoms with Crippen molar-refractivity contribution in [1.82, 2.24) is 0 Å². The molecule has 0 aliphatic carbocycles. The normalized spacial score (nSPS) is 15.0. The average molecular weight is 537 g/mol. The Morgan fingerprint density at radius 1 is 0.579 bits per heavy atom. The molecule has 0 fully saturated rings. The quantitative estimate of drug-likeness (QED) is 0.0958. The van der Waals surface area contributed by atoms with Gasteiger partial charge in [0.2, 0.25) is 0 Å². The molecule has 0 saturated heterocycles. The average Bonchev–Trinajstić information content (AvgIpc) is 2.76. The van der Waals surface area contributed by atoms with Crippen LogP contribution in [0.4, 0.5) is 0 Å². The molecule has 2 heteroatoms. The third-order valence-corrected chi connectivity index (χ3v) is 8.10. The molecule has 3 unspecified atom stereocenters. The van der Waals surface area contributed by atoms with E-state index in [1.807, 2.05) is 0 Å². The van der Waals surface area contributed by atoms with Gasteiger partial charge in [0.1, 0.15) is 0 Å². The minimum atomic E-state index is 0.0223. The molecule has 0 heterocycles. The van der Waals surface area contributed by atoms with Gasteiger partial charge in [-0.25, -0.2) is 0 Å². The standard InChI is InChI=1S/C36H72O2/c1-30(2)23-21-19-17-15-13-11-12-14-16-18-20-22-24-34(37)38-29-33(32(4)28-36(8,9)10)26-25-31(3)27-35(5,6)7/h30-33H,11-29H2,1-10H3. The second kappa shape index (κ2) is 21.2. The van der Waals surface area contributed by atoms with Crippen molar-refractivity contribution in [3.8, 4) is 0 Å². The van der Waals surface area contributed by atoms with Crippen LogP contribution in [0.2, 0.25) is 0 Å². The van der Waals surface area contributed by atoms with Gasteiger partial charge in [0.05, 0.1) is 6.61 Å². The van der Waals surface area contributed by atoms with Crippen molar-refractivity contribution in [3.05, 3.63) is 0 Å². The summed E-state index contributed by atoms with van der Waals surface area (Å²) in [6, 6.07) is 0. The SMILES string of the molecule is CC(C)CCCCCCCCCCCCCCC(=O)OCC(CCC(C)CC(C)(C)C)C(C)CC(C)(C)C. The molecule has 0 spiro atoms. The number of esters is 1. The van der Waals surface area contributed by atoms with E-state index in [9.17, 15) is 4.79 Å². The summed E-state index contributed by atoms with van der Waals surface area (Å²) in [5.74, 6) is 2.65. The van der Waals surface area contributed by atoms with Crippen LogP contribution >= 0.6 is 0 Å². The summed E-state index contributed by atoms with van der Waals surface area (Å²) in [7, 11) is 0. The predicted molar refractivity (Wildman–Crippen MR) is 170 cm³/mol. The van der Waals surface area contributed by atoms with E-state index >= 15 is 0 Å². The summed E-state index contributed by atoms with van der Waals surface area (Å²) in [6.07, 6.45) is 22.8. The molecule has 0 aromatic carbocycles. The first-order chi connectivity index (χ1) is 17.7. The molecular weight excluding hydrogens is 464 g/mol. The Morgan fingerprint density at radius 2 is 1.03 bits per heavy atom. The summed E-state index contributed by atoms with van der Waals surface area (Å²) in [4.78, 5) is 12.5. The van der Waals surface area contributed by atoms with E-state index in [1.165, 1.54) is 103 Å². The zero-order chi connectivity index (χ0) is 29.0. The molecule has 3 atom stereocenters. The van der Waals surface area contributed by atoms with E-state index < -0.39 is 0 Å². The fourth-order valence-corrected chi connectivity index (χ4v) is 6.17. The van der Waals surface area contributed by atoms with Gasteiger partial charge in [-0.05, 0) is 60.2 Å². The Kier molecular flexibility index (Phi) is 21.0. The minimum absolute atomic E-state index is 0.0223. The monoisotopic (exact) mass is 537 g/mol. The highest BCUT2D eigenvalue weighted by molar-refractivity contribution is 5.69. The topological polar surface area (TPSA) is 26.3 Å². The Balaban J connectivity index is 4.03. The van der Waals surface area contributed by atoms with Gasteiger partial charge in [-0.3, -0.25) is 4.79 Å².